The van der Waals surface area contributed by atoms with E-state index < -0.39 is 31.2 Å². The number of ether oxygens (including phenoxy) is 1. The van der Waals surface area contributed by atoms with Gasteiger partial charge >= 0.3 is 0 Å². The number of halogens is 1. The third-order valence-electron chi connectivity index (χ3n) is 3.36. The van der Waals surface area contributed by atoms with Gasteiger partial charge in [-0.1, -0.05) is 0 Å². The molecule has 0 unspecified atom stereocenters. The minimum Gasteiger partial charge on any atom is -0.394 e. The van der Waals surface area contributed by atoms with Crippen molar-refractivity contribution < 1.29 is 19.3 Å². The number of imidazole rings is 1. The van der Waals surface area contributed by atoms with Gasteiger partial charge in [-0.15, -0.1) is 0 Å². The maximum atomic E-state index is 14.1. The van der Waals surface area contributed by atoms with Crippen LogP contribution in [0.2, 0.25) is 0 Å². The number of fused-ring (bicyclic) bond motifs is 1. The highest BCUT2D eigenvalue weighted by molar-refractivity contribution is 5.74. The van der Waals surface area contributed by atoms with Gasteiger partial charge in [0.05, 0.1) is 18.6 Å². The molecule has 1 saturated heterocycles. The first-order valence-electron chi connectivity index (χ1n) is 6.08. The second kappa shape index (κ2) is 4.62. The number of aryl methyl sites for hydroxylation is 1. The third kappa shape index (κ3) is 1.82. The molecule has 4 atom stereocenters. The molecule has 1 fully saturated rings. The standard InChI is InChI=1S/C11H14FN5O3/c1-4-7-9(16-11(13)15-4)17(3-14-7)10-6(12)8(19)5(2-18)20-10/h3,5-6,8,10,18-19H,2H2,1H3,(H2,13,15,16)/t5-,6-,8-,10-/m1/s1. The number of aliphatic hydroxyl groups is 2. The number of nitrogen functional groups attached to an aromatic ring is 1. The van der Waals surface area contributed by atoms with Crippen LogP contribution < -0.4 is 5.73 Å². The lowest BCUT2D eigenvalue weighted by molar-refractivity contribution is -0.0459. The summed E-state index contributed by atoms with van der Waals surface area (Å²) in [6, 6.07) is 0. The Kier molecular flexibility index (Phi) is 3.04. The Hall–Kier alpha value is -1.84. The van der Waals surface area contributed by atoms with E-state index in [1.807, 2.05) is 0 Å². The van der Waals surface area contributed by atoms with Gasteiger partial charge in [-0.25, -0.2) is 14.4 Å². The molecule has 0 aromatic carbocycles. The van der Waals surface area contributed by atoms with Gasteiger partial charge in [0, 0.05) is 0 Å². The number of anilines is 1. The first-order valence-corrected chi connectivity index (χ1v) is 6.08. The zero-order valence-electron chi connectivity index (χ0n) is 10.6. The van der Waals surface area contributed by atoms with Crippen LogP contribution in [-0.4, -0.2) is 54.7 Å². The molecule has 0 bridgehead atoms. The number of hydrogen-bond donors (Lipinski definition) is 3. The lowest BCUT2D eigenvalue weighted by atomic mass is 10.1. The Bertz CT molecular complexity index is 648. The van der Waals surface area contributed by atoms with Crippen LogP contribution in [0.1, 0.15) is 11.9 Å². The molecule has 4 N–H and O–H groups in total. The molecule has 3 rings (SSSR count). The van der Waals surface area contributed by atoms with E-state index in [0.717, 1.165) is 0 Å². The monoisotopic (exact) mass is 283 g/mol. The van der Waals surface area contributed by atoms with Gasteiger partial charge in [-0.3, -0.25) is 4.57 Å². The van der Waals surface area contributed by atoms with Gasteiger partial charge in [0.1, 0.15) is 17.7 Å². The van der Waals surface area contributed by atoms with Crippen LogP contribution >= 0.6 is 0 Å². The molecule has 3 heterocycles. The highest BCUT2D eigenvalue weighted by Gasteiger charge is 2.45. The fourth-order valence-electron chi connectivity index (χ4n) is 2.34. The van der Waals surface area contributed by atoms with Gasteiger partial charge < -0.3 is 20.7 Å². The van der Waals surface area contributed by atoms with E-state index >= 15 is 0 Å². The van der Waals surface area contributed by atoms with Crippen molar-refractivity contribution in [3.63, 3.8) is 0 Å². The average molecular weight is 283 g/mol. The molecule has 8 nitrogen and oxygen atoms in total. The quantitative estimate of drug-likeness (QED) is 0.667. The average Bonchev–Trinajstić information content (AvgIpc) is 2.93. The Morgan fingerprint density at radius 2 is 2.25 bits per heavy atom. The molecule has 0 aliphatic carbocycles. The molecule has 1 aliphatic rings. The van der Waals surface area contributed by atoms with Crippen molar-refractivity contribution in [2.45, 2.75) is 31.5 Å². The number of rotatable bonds is 2. The zero-order chi connectivity index (χ0) is 14.4. The molecule has 2 aromatic rings. The highest BCUT2D eigenvalue weighted by Crippen LogP contribution is 2.33. The molecule has 1 aliphatic heterocycles. The molecular formula is C11H14FN5O3. The number of alkyl halides is 1. The van der Waals surface area contributed by atoms with Crippen LogP contribution in [0.5, 0.6) is 0 Å². The summed E-state index contributed by atoms with van der Waals surface area (Å²) in [7, 11) is 0. The van der Waals surface area contributed by atoms with Crippen LogP contribution in [-0.2, 0) is 4.74 Å². The normalized spacial score (nSPS) is 30.2. The lowest BCUT2D eigenvalue weighted by Gasteiger charge is -2.15. The number of aromatic nitrogens is 4. The van der Waals surface area contributed by atoms with Crippen molar-refractivity contribution in [1.82, 2.24) is 19.5 Å². The molecular weight excluding hydrogens is 269 g/mol. The molecule has 108 valence electrons. The van der Waals surface area contributed by atoms with Crippen molar-refractivity contribution in [1.29, 1.82) is 0 Å². The summed E-state index contributed by atoms with van der Waals surface area (Å²) in [5, 5.41) is 18.7. The van der Waals surface area contributed by atoms with Crippen molar-refractivity contribution in [2.75, 3.05) is 12.3 Å². The molecule has 9 heteroatoms. The van der Waals surface area contributed by atoms with Gasteiger partial charge in [-0.05, 0) is 6.92 Å². The van der Waals surface area contributed by atoms with E-state index in [1.165, 1.54) is 10.9 Å². The summed E-state index contributed by atoms with van der Waals surface area (Å²) in [4.78, 5) is 12.1. The number of nitrogens with two attached hydrogens (primary N) is 1. The summed E-state index contributed by atoms with van der Waals surface area (Å²) in [6.45, 7) is 1.24. The predicted molar refractivity (Wildman–Crippen MR) is 66.4 cm³/mol. The van der Waals surface area contributed by atoms with E-state index in [4.69, 9.17) is 15.6 Å². The van der Waals surface area contributed by atoms with Crippen molar-refractivity contribution in [3.8, 4) is 0 Å². The van der Waals surface area contributed by atoms with Gasteiger partial charge in [0.25, 0.3) is 0 Å². The van der Waals surface area contributed by atoms with Crippen LogP contribution in [0, 0.1) is 6.92 Å². The molecule has 2 aromatic heterocycles. The maximum Gasteiger partial charge on any atom is 0.222 e. The maximum absolute atomic E-state index is 14.1. The van der Waals surface area contributed by atoms with Crippen LogP contribution in [0.3, 0.4) is 0 Å². The topological polar surface area (TPSA) is 119 Å². The Labute approximate surface area is 113 Å². The summed E-state index contributed by atoms with van der Waals surface area (Å²) in [6.07, 6.45) is -3.83. The second-order valence-electron chi connectivity index (χ2n) is 4.67. The Balaban J connectivity index is 2.07. The van der Waals surface area contributed by atoms with Crippen LogP contribution in [0.25, 0.3) is 11.2 Å². The third-order valence-corrected chi connectivity index (χ3v) is 3.36. The van der Waals surface area contributed by atoms with E-state index in [1.54, 1.807) is 6.92 Å². The predicted octanol–water partition coefficient (Wildman–Crippen LogP) is -0.694. The first kappa shape index (κ1) is 13.2. The van der Waals surface area contributed by atoms with E-state index in [9.17, 15) is 9.50 Å². The summed E-state index contributed by atoms with van der Waals surface area (Å²) in [5.41, 5.74) is 6.96. The van der Waals surface area contributed by atoms with Gasteiger partial charge in [0.2, 0.25) is 5.95 Å². The highest BCUT2D eigenvalue weighted by atomic mass is 19.1. The van der Waals surface area contributed by atoms with Gasteiger partial charge in [0.15, 0.2) is 18.0 Å². The molecule has 0 saturated carbocycles. The molecule has 0 radical (unpaired) electrons. The second-order valence-corrected chi connectivity index (χ2v) is 4.67. The number of nitrogens with zero attached hydrogens (tertiary/aromatic N) is 4. The molecule has 0 amide bonds. The van der Waals surface area contributed by atoms with E-state index in [0.29, 0.717) is 16.9 Å². The zero-order valence-corrected chi connectivity index (χ0v) is 10.6. The summed E-state index contributed by atoms with van der Waals surface area (Å²) in [5.74, 6) is 0.0458. The minimum absolute atomic E-state index is 0.0458. The fourth-order valence-corrected chi connectivity index (χ4v) is 2.34. The SMILES string of the molecule is Cc1nc(N)nc2c1ncn2[C@@H]1O[C@H](CO)[C@@H](O)[C@H]1F. The first-order chi connectivity index (χ1) is 9.52. The van der Waals surface area contributed by atoms with Gasteiger partial charge in [-0.2, -0.15) is 4.98 Å². The Morgan fingerprint density at radius 1 is 1.50 bits per heavy atom. The van der Waals surface area contributed by atoms with E-state index in [2.05, 4.69) is 15.0 Å². The fraction of sp³-hybridized carbons (Fsp3) is 0.545. The van der Waals surface area contributed by atoms with Crippen LogP contribution in [0.15, 0.2) is 6.33 Å². The smallest absolute Gasteiger partial charge is 0.222 e. The largest absolute Gasteiger partial charge is 0.394 e. The van der Waals surface area contributed by atoms with Crippen LogP contribution in [0.4, 0.5) is 10.3 Å². The molecule has 0 spiro atoms. The summed E-state index contributed by atoms with van der Waals surface area (Å²) >= 11 is 0. The van der Waals surface area contributed by atoms with E-state index in [-0.39, 0.29) is 5.95 Å². The lowest BCUT2D eigenvalue weighted by Crippen LogP contribution is -2.30. The minimum atomic E-state index is -1.69. The number of hydrogen-bond acceptors (Lipinski definition) is 7. The van der Waals surface area contributed by atoms with Crippen molar-refractivity contribution in [2.24, 2.45) is 0 Å². The van der Waals surface area contributed by atoms with Crippen molar-refractivity contribution >= 4 is 17.1 Å². The summed E-state index contributed by atoms with van der Waals surface area (Å²) < 4.78 is 20.8. The molecule has 20 heavy (non-hydrogen) atoms. The number of aliphatic hydroxyl groups excluding tert-OH is 2. The Morgan fingerprint density at radius 3 is 2.90 bits per heavy atom. The van der Waals surface area contributed by atoms with Crippen molar-refractivity contribution in [3.05, 3.63) is 12.0 Å².